The van der Waals surface area contributed by atoms with Crippen molar-refractivity contribution in [2.24, 2.45) is 4.99 Å². The van der Waals surface area contributed by atoms with E-state index in [-0.39, 0.29) is 18.2 Å². The van der Waals surface area contributed by atoms with Crippen LogP contribution in [0.1, 0.15) is 28.6 Å². The van der Waals surface area contributed by atoms with E-state index < -0.39 is 11.2 Å². The molecule has 1 aromatic heterocycles. The average Bonchev–Trinajstić information content (AvgIpc) is 3.40. The first-order chi connectivity index (χ1) is 16.5. The van der Waals surface area contributed by atoms with Crippen LogP contribution < -0.4 is 10.2 Å². The van der Waals surface area contributed by atoms with Crippen LogP contribution in [0.4, 0.5) is 16.4 Å². The van der Waals surface area contributed by atoms with E-state index in [1.807, 2.05) is 67.6 Å². The molecule has 1 aliphatic rings. The predicted molar refractivity (Wildman–Crippen MR) is 137 cm³/mol. The lowest BCUT2D eigenvalue weighted by Crippen LogP contribution is -2.33. The van der Waals surface area contributed by atoms with E-state index in [0.29, 0.717) is 21.4 Å². The van der Waals surface area contributed by atoms with Gasteiger partial charge in [-0.25, -0.2) is 9.79 Å². The number of amidine groups is 1. The highest BCUT2D eigenvalue weighted by molar-refractivity contribution is 8.16. The molecular formula is C25H23N3O4S2. The number of rotatable bonds is 7. The van der Waals surface area contributed by atoms with Crippen LogP contribution in [0.5, 0.6) is 0 Å². The lowest BCUT2D eigenvalue weighted by molar-refractivity contribution is -0.121. The summed E-state index contributed by atoms with van der Waals surface area (Å²) in [5.41, 5.74) is 1.73. The summed E-state index contributed by atoms with van der Waals surface area (Å²) in [7, 11) is 1.30. The Morgan fingerprint density at radius 1 is 1.09 bits per heavy atom. The summed E-state index contributed by atoms with van der Waals surface area (Å²) in [6.45, 7) is 1.97. The minimum atomic E-state index is -0.644. The molecule has 1 N–H and O–H groups in total. The molecule has 1 fully saturated rings. The van der Waals surface area contributed by atoms with Gasteiger partial charge in [0.05, 0.1) is 24.0 Å². The second-order valence-electron chi connectivity index (χ2n) is 7.40. The molecule has 4 rings (SSSR count). The number of carbonyl (C=O) groups excluding carboxylic acids is 3. The standard InChI is InChI=1S/C25H23N3O4S2/c1-3-18-14-19(24(31)32-2)22(33-18)27-21(29)15-20-23(30)28(17-12-8-5-9-13-17)25(34-20)26-16-10-6-4-7-11-16/h4-14,20H,3,15H2,1-2H3,(H,27,29). The van der Waals surface area contributed by atoms with Crippen LogP contribution in [-0.4, -0.2) is 35.3 Å². The molecule has 174 valence electrons. The fourth-order valence-corrected chi connectivity index (χ4v) is 5.57. The summed E-state index contributed by atoms with van der Waals surface area (Å²) < 4.78 is 4.84. The highest BCUT2D eigenvalue weighted by Crippen LogP contribution is 2.36. The molecule has 1 saturated heterocycles. The summed E-state index contributed by atoms with van der Waals surface area (Å²) in [6, 6.07) is 20.3. The summed E-state index contributed by atoms with van der Waals surface area (Å²) in [4.78, 5) is 45.5. The van der Waals surface area contributed by atoms with Crippen molar-refractivity contribution in [2.75, 3.05) is 17.3 Å². The maximum Gasteiger partial charge on any atom is 0.340 e. The first-order valence-electron chi connectivity index (χ1n) is 10.7. The Balaban J connectivity index is 1.56. The van der Waals surface area contributed by atoms with Crippen LogP contribution in [0.25, 0.3) is 0 Å². The van der Waals surface area contributed by atoms with Gasteiger partial charge in [-0.1, -0.05) is 55.1 Å². The number of esters is 1. The number of para-hydroxylation sites is 2. The van der Waals surface area contributed by atoms with E-state index in [0.717, 1.165) is 17.0 Å². The van der Waals surface area contributed by atoms with E-state index in [4.69, 9.17) is 4.74 Å². The van der Waals surface area contributed by atoms with Crippen molar-refractivity contribution >= 4 is 62.4 Å². The molecular weight excluding hydrogens is 470 g/mol. The lowest BCUT2D eigenvalue weighted by atomic mass is 10.2. The van der Waals surface area contributed by atoms with Crippen LogP contribution in [0.15, 0.2) is 71.7 Å². The molecule has 3 aromatic rings. The number of nitrogens with one attached hydrogen (secondary N) is 1. The summed E-state index contributed by atoms with van der Waals surface area (Å²) in [5, 5.41) is 3.10. The van der Waals surface area contributed by atoms with E-state index in [2.05, 4.69) is 10.3 Å². The molecule has 2 amide bonds. The molecule has 1 unspecified atom stereocenters. The number of aliphatic imine (C=N–C) groups is 1. The van der Waals surface area contributed by atoms with Gasteiger partial charge in [-0.15, -0.1) is 11.3 Å². The van der Waals surface area contributed by atoms with Crippen molar-refractivity contribution in [1.29, 1.82) is 0 Å². The van der Waals surface area contributed by atoms with Gasteiger partial charge < -0.3 is 10.1 Å². The number of aryl methyl sites for hydroxylation is 1. The molecule has 2 heterocycles. The number of thioether (sulfide) groups is 1. The summed E-state index contributed by atoms with van der Waals surface area (Å²) in [6.07, 6.45) is 0.674. The molecule has 0 saturated carbocycles. The maximum absolute atomic E-state index is 13.3. The number of hydrogen-bond acceptors (Lipinski definition) is 7. The van der Waals surface area contributed by atoms with Crippen LogP contribution in [0.2, 0.25) is 0 Å². The van der Waals surface area contributed by atoms with E-state index in [1.54, 1.807) is 11.0 Å². The largest absolute Gasteiger partial charge is 0.465 e. The number of nitrogens with zero attached hydrogens (tertiary/aromatic N) is 2. The molecule has 1 aliphatic heterocycles. The van der Waals surface area contributed by atoms with Gasteiger partial charge in [0, 0.05) is 11.3 Å². The number of amides is 2. The Kier molecular flexibility index (Phi) is 7.44. The normalized spacial score (nSPS) is 16.6. The van der Waals surface area contributed by atoms with Crippen molar-refractivity contribution in [2.45, 2.75) is 25.0 Å². The summed E-state index contributed by atoms with van der Waals surface area (Å²) >= 11 is 2.59. The maximum atomic E-state index is 13.3. The number of anilines is 2. The number of benzene rings is 2. The molecule has 1 atom stereocenters. The molecule has 9 heteroatoms. The van der Waals surface area contributed by atoms with Gasteiger partial charge in [-0.05, 0) is 36.8 Å². The summed E-state index contributed by atoms with van der Waals surface area (Å²) in [5.74, 6) is -1.07. The van der Waals surface area contributed by atoms with E-state index in [9.17, 15) is 14.4 Å². The number of thiophene rings is 1. The smallest absolute Gasteiger partial charge is 0.340 e. The quantitative estimate of drug-likeness (QED) is 0.454. The first kappa shape index (κ1) is 23.7. The molecule has 0 bridgehead atoms. The second-order valence-corrected chi connectivity index (χ2v) is 9.71. The Hall–Kier alpha value is -3.43. The highest BCUT2D eigenvalue weighted by Gasteiger charge is 2.40. The SMILES string of the molecule is CCc1cc(C(=O)OC)c(NC(=O)CC2SC(=Nc3ccccc3)N(c3ccccc3)C2=O)s1. The number of carbonyl (C=O) groups is 3. The molecule has 7 nitrogen and oxygen atoms in total. The van der Waals surface area contributed by atoms with Gasteiger partial charge in [0.1, 0.15) is 10.3 Å². The van der Waals surface area contributed by atoms with Crippen molar-refractivity contribution in [3.05, 3.63) is 77.2 Å². The number of methoxy groups -OCH3 is 1. The molecule has 0 aliphatic carbocycles. The van der Waals surface area contributed by atoms with Gasteiger partial charge in [0.2, 0.25) is 11.8 Å². The molecule has 0 radical (unpaired) electrons. The van der Waals surface area contributed by atoms with Gasteiger partial charge >= 0.3 is 5.97 Å². The fourth-order valence-electron chi connectivity index (χ4n) is 3.42. The van der Waals surface area contributed by atoms with E-state index in [1.165, 1.54) is 30.2 Å². The van der Waals surface area contributed by atoms with Gasteiger partial charge in [0.25, 0.3) is 0 Å². The molecule has 34 heavy (non-hydrogen) atoms. The molecule has 2 aromatic carbocycles. The Labute approximate surface area is 205 Å². The van der Waals surface area contributed by atoms with Gasteiger partial charge in [0.15, 0.2) is 5.17 Å². The van der Waals surface area contributed by atoms with Crippen LogP contribution in [0, 0.1) is 0 Å². The van der Waals surface area contributed by atoms with Gasteiger partial charge in [-0.3, -0.25) is 14.5 Å². The third-order valence-corrected chi connectivity index (χ3v) is 7.42. The second kappa shape index (κ2) is 10.7. The average molecular weight is 494 g/mol. The van der Waals surface area contributed by atoms with Crippen molar-refractivity contribution in [3.8, 4) is 0 Å². The molecule has 0 spiro atoms. The monoisotopic (exact) mass is 493 g/mol. The van der Waals surface area contributed by atoms with Crippen LogP contribution >= 0.6 is 23.1 Å². The van der Waals surface area contributed by atoms with Crippen molar-refractivity contribution in [1.82, 2.24) is 0 Å². The highest BCUT2D eigenvalue weighted by atomic mass is 32.2. The topological polar surface area (TPSA) is 88.1 Å². The Morgan fingerprint density at radius 3 is 2.41 bits per heavy atom. The zero-order valence-electron chi connectivity index (χ0n) is 18.7. The number of ether oxygens (including phenoxy) is 1. The van der Waals surface area contributed by atoms with E-state index >= 15 is 0 Å². The lowest BCUT2D eigenvalue weighted by Gasteiger charge is -2.16. The minimum absolute atomic E-state index is 0.0549. The van der Waals surface area contributed by atoms with Crippen molar-refractivity contribution < 1.29 is 19.1 Å². The fraction of sp³-hybridized carbons (Fsp3) is 0.200. The number of hydrogen-bond donors (Lipinski definition) is 1. The zero-order valence-corrected chi connectivity index (χ0v) is 20.3. The van der Waals surface area contributed by atoms with Crippen LogP contribution in [-0.2, 0) is 20.7 Å². The van der Waals surface area contributed by atoms with Crippen LogP contribution in [0.3, 0.4) is 0 Å². The third-order valence-electron chi connectivity index (χ3n) is 5.09. The predicted octanol–water partition coefficient (Wildman–Crippen LogP) is 5.26. The minimum Gasteiger partial charge on any atom is -0.465 e. The zero-order chi connectivity index (χ0) is 24.1. The Bertz CT molecular complexity index is 1230. The Morgan fingerprint density at radius 2 is 1.76 bits per heavy atom. The van der Waals surface area contributed by atoms with Gasteiger partial charge in [-0.2, -0.15) is 0 Å². The third kappa shape index (κ3) is 5.21. The van der Waals surface area contributed by atoms with Crippen molar-refractivity contribution in [3.63, 3.8) is 0 Å². The first-order valence-corrected chi connectivity index (χ1v) is 12.4.